The zero-order chi connectivity index (χ0) is 11.4. The summed E-state index contributed by atoms with van der Waals surface area (Å²) in [5.41, 5.74) is 1.02. The summed E-state index contributed by atoms with van der Waals surface area (Å²) in [5, 5.41) is 21.5. The molecule has 0 saturated carbocycles. The van der Waals surface area contributed by atoms with E-state index in [0.29, 0.717) is 0 Å². The van der Waals surface area contributed by atoms with Gasteiger partial charge in [-0.3, -0.25) is 0 Å². The third-order valence-corrected chi connectivity index (χ3v) is 2.80. The quantitative estimate of drug-likeness (QED) is 0.370. The SMILES string of the molecule is CCCC1=CCC(C(=O)[O-])C(C(=O)[O-])C1.[Na+].[Na+]. The van der Waals surface area contributed by atoms with Crippen molar-refractivity contribution in [3.63, 3.8) is 0 Å². The largest absolute Gasteiger partial charge is 1.00 e. The summed E-state index contributed by atoms with van der Waals surface area (Å²) in [5.74, 6) is -4.45. The molecule has 0 N–H and O–H groups in total. The molecule has 2 unspecified atom stereocenters. The molecule has 1 rings (SSSR count). The minimum atomic E-state index is -1.30. The van der Waals surface area contributed by atoms with E-state index in [1.54, 1.807) is 0 Å². The van der Waals surface area contributed by atoms with Gasteiger partial charge in [0.25, 0.3) is 0 Å². The van der Waals surface area contributed by atoms with Gasteiger partial charge in [-0.2, -0.15) is 0 Å². The second-order valence-corrected chi connectivity index (χ2v) is 3.90. The minimum absolute atomic E-state index is 0. The van der Waals surface area contributed by atoms with Crippen molar-refractivity contribution in [2.75, 3.05) is 0 Å². The van der Waals surface area contributed by atoms with Gasteiger partial charge < -0.3 is 19.8 Å². The molecule has 0 radical (unpaired) electrons. The Bertz CT molecular complexity index is 302. The average molecular weight is 256 g/mol. The number of allylic oxidation sites excluding steroid dienone is 2. The Morgan fingerprint density at radius 3 is 2.18 bits per heavy atom. The van der Waals surface area contributed by atoms with Crippen LogP contribution in [0.5, 0.6) is 0 Å². The Hall–Kier alpha value is 0.680. The molecule has 2 atom stereocenters. The fourth-order valence-corrected chi connectivity index (χ4v) is 2.00. The summed E-state index contributed by atoms with van der Waals surface area (Å²) >= 11 is 0. The molecule has 1 aliphatic carbocycles. The van der Waals surface area contributed by atoms with E-state index in [1.165, 1.54) is 0 Å². The van der Waals surface area contributed by atoms with Crippen LogP contribution in [-0.4, -0.2) is 11.9 Å². The van der Waals surface area contributed by atoms with Crippen molar-refractivity contribution in [3.05, 3.63) is 11.6 Å². The summed E-state index contributed by atoms with van der Waals surface area (Å²) in [4.78, 5) is 21.5. The number of carboxylic acids is 2. The van der Waals surface area contributed by atoms with Gasteiger partial charge in [-0.25, -0.2) is 0 Å². The van der Waals surface area contributed by atoms with Crippen molar-refractivity contribution in [2.24, 2.45) is 11.8 Å². The molecular formula is C11H14Na2O4. The number of carboxylic acid groups (broad SMARTS) is 2. The van der Waals surface area contributed by atoms with Gasteiger partial charge in [0.1, 0.15) is 0 Å². The molecule has 6 heteroatoms. The van der Waals surface area contributed by atoms with Crippen LogP contribution < -0.4 is 69.3 Å². The molecule has 0 aromatic heterocycles. The molecule has 0 aromatic rings. The van der Waals surface area contributed by atoms with Crippen LogP contribution in [-0.2, 0) is 9.59 Å². The first-order valence-electron chi connectivity index (χ1n) is 5.15. The van der Waals surface area contributed by atoms with Crippen molar-refractivity contribution in [1.82, 2.24) is 0 Å². The van der Waals surface area contributed by atoms with Crippen LogP contribution in [0.25, 0.3) is 0 Å². The van der Waals surface area contributed by atoms with E-state index < -0.39 is 23.8 Å². The van der Waals surface area contributed by atoms with Gasteiger partial charge in [0.05, 0.1) is 0 Å². The Morgan fingerprint density at radius 1 is 1.24 bits per heavy atom. The van der Waals surface area contributed by atoms with E-state index in [4.69, 9.17) is 0 Å². The zero-order valence-electron chi connectivity index (χ0n) is 10.7. The van der Waals surface area contributed by atoms with E-state index in [1.807, 2.05) is 13.0 Å². The maximum absolute atomic E-state index is 10.8. The zero-order valence-corrected chi connectivity index (χ0v) is 14.7. The summed E-state index contributed by atoms with van der Waals surface area (Å²) in [6.07, 6.45) is 4.11. The predicted molar refractivity (Wildman–Crippen MR) is 49.2 cm³/mol. The van der Waals surface area contributed by atoms with Crippen molar-refractivity contribution in [1.29, 1.82) is 0 Å². The van der Waals surface area contributed by atoms with Gasteiger partial charge in [0.15, 0.2) is 0 Å². The topological polar surface area (TPSA) is 80.3 Å². The molecule has 0 aliphatic heterocycles. The predicted octanol–water partition coefficient (Wildman–Crippen LogP) is -6.75. The standard InChI is InChI=1S/C11H16O4.2Na/c1-2-3-7-4-5-8(10(12)13)9(6-7)11(14)15;;/h4,8-9H,2-3,5-6H2,1H3,(H,12,13)(H,14,15);;/q;2*+1/p-2. The maximum Gasteiger partial charge on any atom is 1.00 e. The molecule has 0 amide bonds. The molecular weight excluding hydrogens is 242 g/mol. The molecule has 0 spiro atoms. The van der Waals surface area contributed by atoms with Crippen LogP contribution in [0, 0.1) is 11.8 Å². The summed E-state index contributed by atoms with van der Waals surface area (Å²) in [7, 11) is 0. The molecule has 17 heavy (non-hydrogen) atoms. The monoisotopic (exact) mass is 256 g/mol. The van der Waals surface area contributed by atoms with E-state index >= 15 is 0 Å². The Balaban J connectivity index is 0. The molecule has 1 aliphatic rings. The van der Waals surface area contributed by atoms with Crippen LogP contribution >= 0.6 is 0 Å². The Morgan fingerprint density at radius 2 is 1.76 bits per heavy atom. The van der Waals surface area contributed by atoms with Gasteiger partial charge in [0, 0.05) is 23.8 Å². The molecule has 0 fully saturated rings. The molecule has 84 valence electrons. The first-order valence-corrected chi connectivity index (χ1v) is 5.15. The summed E-state index contributed by atoms with van der Waals surface area (Å²) in [6, 6.07) is 0. The van der Waals surface area contributed by atoms with Gasteiger partial charge >= 0.3 is 59.1 Å². The smallest absolute Gasteiger partial charge is 0.550 e. The number of hydrogen-bond donors (Lipinski definition) is 0. The third kappa shape index (κ3) is 5.90. The van der Waals surface area contributed by atoms with Crippen molar-refractivity contribution >= 4 is 11.9 Å². The van der Waals surface area contributed by atoms with Crippen molar-refractivity contribution in [2.45, 2.75) is 32.6 Å². The molecule has 0 saturated heterocycles. The first-order chi connectivity index (χ1) is 7.06. The number of hydrogen-bond acceptors (Lipinski definition) is 4. The summed E-state index contributed by atoms with van der Waals surface area (Å²) < 4.78 is 0. The van der Waals surface area contributed by atoms with Crippen molar-refractivity contribution < 1.29 is 78.9 Å². The fourth-order valence-electron chi connectivity index (χ4n) is 2.00. The van der Waals surface area contributed by atoms with Gasteiger partial charge in [0.2, 0.25) is 0 Å². The number of aliphatic carboxylic acids is 2. The summed E-state index contributed by atoms with van der Waals surface area (Å²) in [6.45, 7) is 2.00. The average Bonchev–Trinajstić information content (AvgIpc) is 2.17. The second-order valence-electron chi connectivity index (χ2n) is 3.90. The third-order valence-electron chi connectivity index (χ3n) is 2.80. The maximum atomic E-state index is 10.8. The van der Waals surface area contributed by atoms with Crippen molar-refractivity contribution in [3.8, 4) is 0 Å². The van der Waals surface area contributed by atoms with Crippen LogP contribution in [0.2, 0.25) is 0 Å². The molecule has 0 heterocycles. The number of carbonyl (C=O) groups excluding carboxylic acids is 2. The second kappa shape index (κ2) is 9.59. The number of carbonyl (C=O) groups is 2. The number of rotatable bonds is 4. The normalized spacial score (nSPS) is 22.8. The van der Waals surface area contributed by atoms with E-state index in [2.05, 4.69) is 0 Å². The van der Waals surface area contributed by atoms with Gasteiger partial charge in [-0.15, -0.1) is 0 Å². The molecule has 4 nitrogen and oxygen atoms in total. The Kier molecular flexibility index (Phi) is 11.3. The minimum Gasteiger partial charge on any atom is -0.550 e. The van der Waals surface area contributed by atoms with Gasteiger partial charge in [-0.05, 0) is 19.3 Å². The molecule has 0 bridgehead atoms. The van der Waals surface area contributed by atoms with E-state index in [-0.39, 0.29) is 72.0 Å². The van der Waals surface area contributed by atoms with E-state index in [0.717, 1.165) is 18.4 Å². The van der Waals surface area contributed by atoms with Crippen LogP contribution in [0.4, 0.5) is 0 Å². The van der Waals surface area contributed by atoms with E-state index in [9.17, 15) is 19.8 Å². The first kappa shape index (κ1) is 20.0. The van der Waals surface area contributed by atoms with Crippen LogP contribution in [0.1, 0.15) is 32.6 Å². The molecule has 0 aromatic carbocycles. The van der Waals surface area contributed by atoms with Crippen LogP contribution in [0.15, 0.2) is 11.6 Å². The fraction of sp³-hybridized carbons (Fsp3) is 0.636. The Labute approximate surface area is 145 Å². The van der Waals surface area contributed by atoms with Gasteiger partial charge in [-0.1, -0.05) is 25.0 Å². The van der Waals surface area contributed by atoms with Crippen LogP contribution in [0.3, 0.4) is 0 Å².